The quantitative estimate of drug-likeness (QED) is 0.789. The summed E-state index contributed by atoms with van der Waals surface area (Å²) in [4.78, 5) is 3.76. The Balaban J connectivity index is 2.98. The van der Waals surface area contributed by atoms with Gasteiger partial charge in [-0.2, -0.15) is 12.7 Å². The van der Waals surface area contributed by atoms with Gasteiger partial charge in [0, 0.05) is 25.9 Å². The fraction of sp³-hybridized carbons (Fsp3) is 0.643. The fourth-order valence-electron chi connectivity index (χ4n) is 1.35. The van der Waals surface area contributed by atoms with Crippen molar-refractivity contribution >= 4 is 24.3 Å². The molecule has 0 fully saturated rings. The first-order valence-electron chi connectivity index (χ1n) is 7.25. The highest BCUT2D eigenvalue weighted by Crippen LogP contribution is 2.37. The predicted octanol–water partition coefficient (Wildman–Crippen LogP) is 2.96. The second-order valence-electron chi connectivity index (χ2n) is 7.07. The molecule has 0 atom stereocenters. The van der Waals surface area contributed by atoms with E-state index in [4.69, 9.17) is 4.43 Å². The Labute approximate surface area is 139 Å². The normalized spacial score (nSPS) is 13.4. The van der Waals surface area contributed by atoms with Crippen molar-refractivity contribution < 1.29 is 17.2 Å². The summed E-state index contributed by atoms with van der Waals surface area (Å²) in [6.45, 7) is 10.5. The molecule has 0 bridgehead atoms. The molecule has 9 heteroatoms. The van der Waals surface area contributed by atoms with Gasteiger partial charge in [-0.15, -0.1) is 0 Å². The minimum atomic E-state index is -3.81. The van der Waals surface area contributed by atoms with Gasteiger partial charge in [-0.1, -0.05) is 20.8 Å². The Morgan fingerprint density at radius 1 is 1.35 bits per heavy atom. The summed E-state index contributed by atoms with van der Waals surface area (Å²) in [6, 6.07) is 1.50. The van der Waals surface area contributed by atoms with E-state index in [0.29, 0.717) is 0 Å². The van der Waals surface area contributed by atoms with Crippen LogP contribution in [0.3, 0.4) is 0 Å². The zero-order valence-electron chi connectivity index (χ0n) is 14.8. The molecule has 0 aliphatic heterocycles. The lowest BCUT2D eigenvalue weighted by Crippen LogP contribution is -2.40. The largest absolute Gasteiger partial charge is 0.412 e. The van der Waals surface area contributed by atoms with Crippen molar-refractivity contribution in [1.82, 2.24) is 9.29 Å². The third-order valence-corrected chi connectivity index (χ3v) is 9.96. The molecule has 0 unspecified atom stereocenters. The third-order valence-electron chi connectivity index (χ3n) is 4.07. The van der Waals surface area contributed by atoms with Crippen molar-refractivity contribution in [2.24, 2.45) is 0 Å². The summed E-state index contributed by atoms with van der Waals surface area (Å²) < 4.78 is 47.1. The van der Waals surface area contributed by atoms with Crippen molar-refractivity contribution in [3.8, 4) is 0 Å². The van der Waals surface area contributed by atoms with Gasteiger partial charge < -0.3 is 4.43 Å². The second-order valence-corrected chi connectivity index (χ2v) is 13.8. The number of pyridine rings is 1. The molecule has 23 heavy (non-hydrogen) atoms. The molecule has 0 radical (unpaired) electrons. The highest BCUT2D eigenvalue weighted by molar-refractivity contribution is 7.90. The first kappa shape index (κ1) is 20.0. The zero-order valence-corrected chi connectivity index (χ0v) is 16.6. The smallest absolute Gasteiger partial charge is 0.302 e. The maximum atomic E-state index is 14.5. The van der Waals surface area contributed by atoms with E-state index in [2.05, 4.69) is 43.6 Å². The molecular weight excluding hydrogens is 337 g/mol. The van der Waals surface area contributed by atoms with Crippen LogP contribution in [0.25, 0.3) is 0 Å². The molecule has 0 aliphatic carbocycles. The van der Waals surface area contributed by atoms with E-state index in [0.717, 1.165) is 4.31 Å². The van der Waals surface area contributed by atoms with Gasteiger partial charge in [-0.25, -0.2) is 9.37 Å². The van der Waals surface area contributed by atoms with E-state index >= 15 is 0 Å². The van der Waals surface area contributed by atoms with Gasteiger partial charge in [0.1, 0.15) is 0 Å². The van der Waals surface area contributed by atoms with Crippen LogP contribution in [-0.2, 0) is 21.2 Å². The molecule has 132 valence electrons. The van der Waals surface area contributed by atoms with Crippen LogP contribution in [0.1, 0.15) is 26.3 Å². The van der Waals surface area contributed by atoms with Crippen LogP contribution in [0.15, 0.2) is 12.3 Å². The fourth-order valence-corrected chi connectivity index (χ4v) is 2.87. The number of nitrogens with zero attached hydrogens (tertiary/aromatic N) is 2. The minimum Gasteiger partial charge on any atom is -0.412 e. The highest BCUT2D eigenvalue weighted by Gasteiger charge is 2.37. The molecule has 6 nitrogen and oxygen atoms in total. The SMILES string of the molecule is CN(C)S(=O)(=O)Nc1nccc(CO[Si](C)(C)C(C)(C)C)c1F. The Morgan fingerprint density at radius 3 is 2.39 bits per heavy atom. The van der Waals surface area contributed by atoms with E-state index in [-0.39, 0.29) is 23.0 Å². The molecule has 0 aromatic carbocycles. The Morgan fingerprint density at radius 2 is 1.91 bits per heavy atom. The maximum Gasteiger partial charge on any atom is 0.302 e. The Hall–Kier alpha value is -1.03. The van der Waals surface area contributed by atoms with Gasteiger partial charge >= 0.3 is 10.2 Å². The van der Waals surface area contributed by atoms with E-state index < -0.39 is 24.3 Å². The number of hydrogen-bond donors (Lipinski definition) is 1. The van der Waals surface area contributed by atoms with E-state index in [1.807, 2.05) is 0 Å². The molecule has 0 amide bonds. The topological polar surface area (TPSA) is 71.5 Å². The van der Waals surface area contributed by atoms with E-state index in [1.165, 1.54) is 26.4 Å². The molecule has 0 saturated heterocycles. The second kappa shape index (κ2) is 6.84. The molecule has 0 saturated carbocycles. The summed E-state index contributed by atoms with van der Waals surface area (Å²) in [7, 11) is -3.13. The number of halogens is 1. The standard InChI is InChI=1S/C14H26FN3O3SSi/c1-14(2,3)23(6,7)21-10-11-8-9-16-13(12(11)15)17-22(19,20)18(4)5/h8-9H,10H2,1-7H3,(H,16,17). The molecule has 0 aliphatic rings. The van der Waals surface area contributed by atoms with Crippen LogP contribution in [0.2, 0.25) is 18.1 Å². The lowest BCUT2D eigenvalue weighted by molar-refractivity contribution is 0.271. The average molecular weight is 364 g/mol. The van der Waals surface area contributed by atoms with E-state index in [9.17, 15) is 12.8 Å². The van der Waals surface area contributed by atoms with Crippen LogP contribution < -0.4 is 4.72 Å². The molecule has 1 aromatic heterocycles. The van der Waals surface area contributed by atoms with Crippen molar-refractivity contribution in [2.45, 2.75) is 45.5 Å². The monoisotopic (exact) mass is 363 g/mol. The molecule has 0 spiro atoms. The van der Waals surface area contributed by atoms with Crippen LogP contribution in [0.4, 0.5) is 10.2 Å². The molecule has 1 aromatic rings. The average Bonchev–Trinajstić information content (AvgIpc) is 2.38. The van der Waals surface area contributed by atoms with Crippen molar-refractivity contribution in [1.29, 1.82) is 0 Å². The summed E-state index contributed by atoms with van der Waals surface area (Å²) in [6.07, 6.45) is 1.36. The van der Waals surface area contributed by atoms with Crippen LogP contribution in [-0.4, -0.2) is 40.1 Å². The van der Waals surface area contributed by atoms with Crippen molar-refractivity contribution in [3.63, 3.8) is 0 Å². The summed E-state index contributed by atoms with van der Waals surface area (Å²) in [5.74, 6) is -1.04. The summed E-state index contributed by atoms with van der Waals surface area (Å²) >= 11 is 0. The van der Waals surface area contributed by atoms with Gasteiger partial charge in [0.2, 0.25) is 0 Å². The Bertz CT molecular complexity index is 658. The molecule has 1 rings (SSSR count). The Kier molecular flexibility index (Phi) is 5.95. The van der Waals surface area contributed by atoms with Crippen LogP contribution >= 0.6 is 0 Å². The zero-order chi connectivity index (χ0) is 18.1. The highest BCUT2D eigenvalue weighted by atomic mass is 32.2. The number of aromatic nitrogens is 1. The lowest BCUT2D eigenvalue weighted by atomic mass is 10.2. The number of nitrogens with one attached hydrogen (secondary N) is 1. The third kappa shape index (κ3) is 4.97. The minimum absolute atomic E-state index is 0.00580. The molecule has 1 heterocycles. The molecular formula is C14H26FN3O3SSi. The van der Waals surface area contributed by atoms with E-state index in [1.54, 1.807) is 0 Å². The number of hydrogen-bond acceptors (Lipinski definition) is 4. The van der Waals surface area contributed by atoms with Gasteiger partial charge in [-0.3, -0.25) is 4.72 Å². The first-order chi connectivity index (χ1) is 10.3. The molecule has 1 N–H and O–H groups in total. The first-order valence-corrected chi connectivity index (χ1v) is 11.6. The maximum absolute atomic E-state index is 14.5. The van der Waals surface area contributed by atoms with Gasteiger partial charge in [0.25, 0.3) is 0 Å². The lowest BCUT2D eigenvalue weighted by Gasteiger charge is -2.36. The van der Waals surface area contributed by atoms with Gasteiger partial charge in [0.15, 0.2) is 20.0 Å². The number of anilines is 1. The number of rotatable bonds is 6. The predicted molar refractivity (Wildman–Crippen MR) is 92.4 cm³/mol. The summed E-state index contributed by atoms with van der Waals surface area (Å²) in [5.41, 5.74) is 0.279. The van der Waals surface area contributed by atoms with Gasteiger partial charge in [0.05, 0.1) is 6.61 Å². The van der Waals surface area contributed by atoms with Crippen LogP contribution in [0, 0.1) is 5.82 Å². The summed E-state index contributed by atoms with van der Waals surface area (Å²) in [5, 5.41) is 0.00580. The van der Waals surface area contributed by atoms with Crippen molar-refractivity contribution in [3.05, 3.63) is 23.6 Å². The van der Waals surface area contributed by atoms with Crippen molar-refractivity contribution in [2.75, 3.05) is 18.8 Å². The van der Waals surface area contributed by atoms with Crippen LogP contribution in [0.5, 0.6) is 0 Å². The van der Waals surface area contributed by atoms with Gasteiger partial charge in [-0.05, 0) is 24.2 Å².